The first-order valence-electron chi connectivity index (χ1n) is 13.2. The molecule has 0 aromatic rings. The molecule has 4 heteroatoms. The fourth-order valence-electron chi connectivity index (χ4n) is 9.27. The topological polar surface area (TPSA) is 55.8 Å². The lowest BCUT2D eigenvalue weighted by atomic mass is 9.43. The molecule has 31 heavy (non-hydrogen) atoms. The molecule has 5 aliphatic rings. The van der Waals surface area contributed by atoms with Crippen LogP contribution < -0.4 is 0 Å². The highest BCUT2D eigenvalue weighted by molar-refractivity contribution is 5.79. The Hall–Kier alpha value is -0.450. The first-order chi connectivity index (χ1) is 14.8. The van der Waals surface area contributed by atoms with E-state index in [2.05, 4.69) is 6.92 Å². The number of ketones is 1. The molecule has 1 N–H and O–H groups in total. The van der Waals surface area contributed by atoms with Crippen LogP contribution in [0.15, 0.2) is 0 Å². The van der Waals surface area contributed by atoms with Gasteiger partial charge in [0.25, 0.3) is 0 Å². The van der Waals surface area contributed by atoms with Crippen LogP contribution in [0.4, 0.5) is 0 Å². The van der Waals surface area contributed by atoms with Crippen LogP contribution in [-0.2, 0) is 14.3 Å². The van der Waals surface area contributed by atoms with Crippen molar-refractivity contribution in [3.63, 3.8) is 0 Å². The lowest BCUT2D eigenvalue weighted by Crippen LogP contribution is -2.58. The smallest absolute Gasteiger partial charge is 0.157 e. The molecule has 5 rings (SSSR count). The molecule has 0 aromatic carbocycles. The summed E-state index contributed by atoms with van der Waals surface area (Å²) in [5.41, 5.74) is -0.144. The highest BCUT2D eigenvalue weighted by atomic mass is 16.7. The summed E-state index contributed by atoms with van der Waals surface area (Å²) in [6.45, 7) is 7.93. The van der Waals surface area contributed by atoms with Gasteiger partial charge in [-0.15, -0.1) is 0 Å². The minimum absolute atomic E-state index is 0.0333. The van der Waals surface area contributed by atoms with Gasteiger partial charge in [-0.2, -0.15) is 0 Å². The third-order valence-electron chi connectivity index (χ3n) is 10.8. The van der Waals surface area contributed by atoms with Gasteiger partial charge in [0.1, 0.15) is 5.78 Å². The summed E-state index contributed by atoms with van der Waals surface area (Å²) >= 11 is 0. The molecule has 0 spiro atoms. The lowest BCUT2D eigenvalue weighted by molar-refractivity contribution is -0.226. The van der Waals surface area contributed by atoms with Gasteiger partial charge >= 0.3 is 0 Å². The van der Waals surface area contributed by atoms with Crippen molar-refractivity contribution in [3.8, 4) is 0 Å². The first-order valence-corrected chi connectivity index (χ1v) is 13.2. The molecular formula is C27H44O4. The maximum Gasteiger partial charge on any atom is 0.157 e. The number of hydrogen-bond acceptors (Lipinski definition) is 4. The number of aliphatic hydroxyl groups is 1. The summed E-state index contributed by atoms with van der Waals surface area (Å²) in [5.74, 6) is 3.32. The van der Waals surface area contributed by atoms with E-state index in [-0.39, 0.29) is 23.0 Å². The molecule has 9 atom stereocenters. The van der Waals surface area contributed by atoms with E-state index in [0.717, 1.165) is 57.7 Å². The zero-order valence-corrected chi connectivity index (χ0v) is 20.0. The molecule has 5 fully saturated rings. The van der Waals surface area contributed by atoms with Gasteiger partial charge in [-0.1, -0.05) is 6.92 Å². The molecule has 176 valence electrons. The second-order valence-corrected chi connectivity index (χ2v) is 12.5. The Labute approximate surface area is 188 Å². The van der Waals surface area contributed by atoms with E-state index in [1.54, 1.807) is 0 Å². The SMILES string of the molecule is CC(=O)C1CCC2C3CCC4CC(C)(O)CCC4(COC4CCCCO4)C3CCC12C. The molecule has 1 aliphatic heterocycles. The van der Waals surface area contributed by atoms with Gasteiger partial charge in [-0.05, 0) is 125 Å². The summed E-state index contributed by atoms with van der Waals surface area (Å²) in [6, 6.07) is 0. The summed E-state index contributed by atoms with van der Waals surface area (Å²) in [5, 5.41) is 10.9. The van der Waals surface area contributed by atoms with E-state index >= 15 is 0 Å². The van der Waals surface area contributed by atoms with Gasteiger partial charge in [0.05, 0.1) is 12.2 Å². The quantitative estimate of drug-likeness (QED) is 0.636. The third kappa shape index (κ3) is 3.73. The molecule has 0 aromatic heterocycles. The minimum Gasteiger partial charge on any atom is -0.390 e. The number of fused-ring (bicyclic) bond motifs is 5. The largest absolute Gasteiger partial charge is 0.390 e. The molecule has 1 saturated heterocycles. The fraction of sp³-hybridized carbons (Fsp3) is 0.963. The Morgan fingerprint density at radius 2 is 1.84 bits per heavy atom. The number of carbonyl (C=O) groups is 1. The second kappa shape index (κ2) is 8.09. The predicted octanol–water partition coefficient (Wildman–Crippen LogP) is 5.51. The van der Waals surface area contributed by atoms with Crippen molar-refractivity contribution in [2.75, 3.05) is 13.2 Å². The van der Waals surface area contributed by atoms with E-state index < -0.39 is 5.60 Å². The Morgan fingerprint density at radius 1 is 1.00 bits per heavy atom. The summed E-state index contributed by atoms with van der Waals surface area (Å²) in [7, 11) is 0. The van der Waals surface area contributed by atoms with Gasteiger partial charge in [-0.3, -0.25) is 4.79 Å². The normalized spacial score (nSPS) is 52.1. The highest BCUT2D eigenvalue weighted by Gasteiger charge is 2.63. The van der Waals surface area contributed by atoms with Crippen molar-refractivity contribution in [2.24, 2.45) is 40.4 Å². The van der Waals surface area contributed by atoms with Crippen LogP contribution >= 0.6 is 0 Å². The van der Waals surface area contributed by atoms with Crippen LogP contribution in [-0.4, -0.2) is 36.0 Å². The van der Waals surface area contributed by atoms with E-state index in [4.69, 9.17) is 9.47 Å². The lowest BCUT2D eigenvalue weighted by Gasteiger charge is -2.62. The van der Waals surface area contributed by atoms with Crippen molar-refractivity contribution in [1.29, 1.82) is 0 Å². The first kappa shape index (κ1) is 22.3. The molecule has 0 bridgehead atoms. The van der Waals surface area contributed by atoms with E-state index in [1.165, 1.54) is 38.5 Å². The Morgan fingerprint density at radius 3 is 2.58 bits per heavy atom. The van der Waals surface area contributed by atoms with E-state index in [1.807, 2.05) is 13.8 Å². The van der Waals surface area contributed by atoms with Gasteiger partial charge in [0, 0.05) is 12.5 Å². The summed E-state index contributed by atoms with van der Waals surface area (Å²) in [4.78, 5) is 12.4. The van der Waals surface area contributed by atoms with Crippen molar-refractivity contribution in [3.05, 3.63) is 0 Å². The maximum atomic E-state index is 12.4. The molecule has 4 aliphatic carbocycles. The van der Waals surface area contributed by atoms with Gasteiger partial charge in [0.2, 0.25) is 0 Å². The number of ether oxygens (including phenoxy) is 2. The van der Waals surface area contributed by atoms with Crippen molar-refractivity contribution in [2.45, 2.75) is 110 Å². The van der Waals surface area contributed by atoms with E-state index in [9.17, 15) is 9.90 Å². The number of hydrogen-bond donors (Lipinski definition) is 1. The summed E-state index contributed by atoms with van der Waals surface area (Å²) in [6.07, 6.45) is 13.5. The van der Waals surface area contributed by atoms with Gasteiger partial charge in [-0.25, -0.2) is 0 Å². The van der Waals surface area contributed by atoms with Crippen LogP contribution in [0.5, 0.6) is 0 Å². The monoisotopic (exact) mass is 432 g/mol. The standard InChI is InChI=1S/C27H44O4/c1-18(28)21-9-10-22-20-8-7-19-16-25(2,29)13-14-27(19,23(20)11-12-26(21,22)3)17-31-24-6-4-5-15-30-24/h19-24,29H,4-17H2,1-3H3. The molecule has 4 saturated carbocycles. The van der Waals surface area contributed by atoms with Crippen molar-refractivity contribution in [1.82, 2.24) is 0 Å². The fourth-order valence-corrected chi connectivity index (χ4v) is 9.27. The van der Waals surface area contributed by atoms with Crippen molar-refractivity contribution >= 4 is 5.78 Å². The van der Waals surface area contributed by atoms with Crippen LogP contribution in [0, 0.1) is 40.4 Å². The molecular weight excluding hydrogens is 388 g/mol. The number of rotatable bonds is 4. The van der Waals surface area contributed by atoms with Gasteiger partial charge < -0.3 is 14.6 Å². The highest BCUT2D eigenvalue weighted by Crippen LogP contribution is 2.68. The Balaban J connectivity index is 1.41. The predicted molar refractivity (Wildman–Crippen MR) is 120 cm³/mol. The number of Topliss-reactive ketones (excluding diaryl/α,β-unsaturated/α-hetero) is 1. The average Bonchev–Trinajstić information content (AvgIpc) is 3.10. The average molecular weight is 433 g/mol. The molecule has 0 radical (unpaired) electrons. The molecule has 0 amide bonds. The van der Waals surface area contributed by atoms with Crippen LogP contribution in [0.3, 0.4) is 0 Å². The van der Waals surface area contributed by atoms with Crippen LogP contribution in [0.25, 0.3) is 0 Å². The zero-order chi connectivity index (χ0) is 21.9. The van der Waals surface area contributed by atoms with Crippen LogP contribution in [0.1, 0.15) is 97.8 Å². The summed E-state index contributed by atoms with van der Waals surface area (Å²) < 4.78 is 12.5. The van der Waals surface area contributed by atoms with E-state index in [0.29, 0.717) is 23.5 Å². The Bertz CT molecular complexity index is 683. The molecule has 9 unspecified atom stereocenters. The zero-order valence-electron chi connectivity index (χ0n) is 20.0. The maximum absolute atomic E-state index is 12.4. The van der Waals surface area contributed by atoms with Crippen LogP contribution in [0.2, 0.25) is 0 Å². The molecule has 4 nitrogen and oxygen atoms in total. The minimum atomic E-state index is -0.529. The van der Waals surface area contributed by atoms with Gasteiger partial charge in [0.15, 0.2) is 6.29 Å². The van der Waals surface area contributed by atoms with Crippen molar-refractivity contribution < 1.29 is 19.4 Å². The molecule has 1 heterocycles. The Kier molecular flexibility index (Phi) is 5.84. The third-order valence-corrected chi connectivity index (χ3v) is 10.8. The second-order valence-electron chi connectivity index (χ2n) is 12.5. The number of carbonyl (C=O) groups excluding carboxylic acids is 1.